The van der Waals surface area contributed by atoms with Gasteiger partial charge in [-0.15, -0.1) is 0 Å². The van der Waals surface area contributed by atoms with Gasteiger partial charge in [-0.3, -0.25) is 0 Å². The smallest absolute Gasteiger partial charge is 0.122 e. The number of nitrogens with one attached hydrogen (secondary N) is 1. The highest BCUT2D eigenvalue weighted by atomic mass is 16.5. The molecule has 0 radical (unpaired) electrons. The molecule has 0 amide bonds. The van der Waals surface area contributed by atoms with Gasteiger partial charge in [0, 0.05) is 18.7 Å². The van der Waals surface area contributed by atoms with E-state index in [2.05, 4.69) is 55.6 Å². The molecule has 1 aliphatic rings. The summed E-state index contributed by atoms with van der Waals surface area (Å²) < 4.78 is 5.54. The van der Waals surface area contributed by atoms with Crippen molar-refractivity contribution in [2.45, 2.75) is 26.7 Å². The predicted octanol–water partition coefficient (Wildman–Crippen LogP) is 3.89. The molecule has 3 rings (SSSR count). The van der Waals surface area contributed by atoms with Gasteiger partial charge in [0.05, 0.1) is 6.61 Å². The quantitative estimate of drug-likeness (QED) is 0.907. The van der Waals surface area contributed by atoms with Crippen LogP contribution in [0.15, 0.2) is 36.4 Å². The molecule has 0 atom stereocenters. The van der Waals surface area contributed by atoms with Crippen molar-refractivity contribution in [1.82, 2.24) is 0 Å². The Kier molecular flexibility index (Phi) is 3.64. The molecule has 2 nitrogen and oxygen atoms in total. The summed E-state index contributed by atoms with van der Waals surface area (Å²) in [6.45, 7) is 6.11. The number of aryl methyl sites for hydroxylation is 2. The van der Waals surface area contributed by atoms with Crippen LogP contribution < -0.4 is 10.1 Å². The molecule has 0 saturated carbocycles. The van der Waals surface area contributed by atoms with E-state index in [1.54, 1.807) is 0 Å². The van der Waals surface area contributed by atoms with Crippen molar-refractivity contribution in [2.24, 2.45) is 0 Å². The lowest BCUT2D eigenvalue weighted by atomic mass is 10.1. The second-order valence-electron chi connectivity index (χ2n) is 5.48. The number of rotatable bonds is 4. The van der Waals surface area contributed by atoms with E-state index in [4.69, 9.17) is 4.74 Å². The molecule has 0 fully saturated rings. The molecule has 20 heavy (non-hydrogen) atoms. The molecule has 104 valence electrons. The van der Waals surface area contributed by atoms with Gasteiger partial charge >= 0.3 is 0 Å². The van der Waals surface area contributed by atoms with Crippen LogP contribution in [0.25, 0.3) is 0 Å². The summed E-state index contributed by atoms with van der Waals surface area (Å²) in [6, 6.07) is 13.0. The van der Waals surface area contributed by atoms with Crippen LogP contribution in [-0.2, 0) is 12.8 Å². The molecule has 0 aliphatic carbocycles. The fourth-order valence-corrected chi connectivity index (χ4v) is 2.82. The Bertz CT molecular complexity index is 599. The zero-order chi connectivity index (χ0) is 13.9. The standard InChI is InChI=1S/C18H21NO/c1-13-4-3-5-14(2)18(13)19-10-8-15-6-7-17-16(12-15)9-11-20-17/h3-7,12,19H,8-11H2,1-2H3. The van der Waals surface area contributed by atoms with E-state index < -0.39 is 0 Å². The normalized spacial score (nSPS) is 12.9. The molecule has 0 saturated heterocycles. The van der Waals surface area contributed by atoms with Crippen LogP contribution in [0.4, 0.5) is 5.69 Å². The van der Waals surface area contributed by atoms with E-state index in [1.807, 2.05) is 0 Å². The Morgan fingerprint density at radius 1 is 1.10 bits per heavy atom. The van der Waals surface area contributed by atoms with E-state index in [0.29, 0.717) is 0 Å². The summed E-state index contributed by atoms with van der Waals surface area (Å²) in [4.78, 5) is 0. The highest BCUT2D eigenvalue weighted by Crippen LogP contribution is 2.26. The zero-order valence-electron chi connectivity index (χ0n) is 12.2. The molecule has 0 spiro atoms. The number of ether oxygens (including phenoxy) is 1. The first-order valence-electron chi connectivity index (χ1n) is 7.29. The lowest BCUT2D eigenvalue weighted by molar-refractivity contribution is 0.357. The molecule has 1 N–H and O–H groups in total. The molecule has 2 aromatic rings. The largest absolute Gasteiger partial charge is 0.493 e. The van der Waals surface area contributed by atoms with Crippen LogP contribution in [0.1, 0.15) is 22.3 Å². The molecule has 1 aliphatic heterocycles. The monoisotopic (exact) mass is 267 g/mol. The van der Waals surface area contributed by atoms with Crippen LogP contribution >= 0.6 is 0 Å². The second-order valence-corrected chi connectivity index (χ2v) is 5.48. The van der Waals surface area contributed by atoms with Gasteiger partial charge in [0.2, 0.25) is 0 Å². The highest BCUT2D eigenvalue weighted by Gasteiger charge is 2.11. The summed E-state index contributed by atoms with van der Waals surface area (Å²) in [7, 11) is 0. The van der Waals surface area contributed by atoms with Gasteiger partial charge in [-0.1, -0.05) is 30.3 Å². The highest BCUT2D eigenvalue weighted by molar-refractivity contribution is 5.56. The summed E-state index contributed by atoms with van der Waals surface area (Å²) in [5, 5.41) is 3.57. The second kappa shape index (κ2) is 5.58. The Hall–Kier alpha value is -1.96. The Labute approximate surface area is 120 Å². The minimum Gasteiger partial charge on any atom is -0.493 e. The molecule has 0 unspecified atom stereocenters. The third-order valence-electron chi connectivity index (χ3n) is 3.95. The van der Waals surface area contributed by atoms with Crippen LogP contribution in [-0.4, -0.2) is 13.2 Å². The van der Waals surface area contributed by atoms with Gasteiger partial charge in [-0.2, -0.15) is 0 Å². The topological polar surface area (TPSA) is 21.3 Å². The van der Waals surface area contributed by atoms with Crippen molar-refractivity contribution < 1.29 is 4.74 Å². The molecule has 1 heterocycles. The van der Waals surface area contributed by atoms with E-state index >= 15 is 0 Å². The molecular formula is C18H21NO. The third kappa shape index (κ3) is 2.64. The van der Waals surface area contributed by atoms with E-state index in [1.165, 1.54) is 27.9 Å². The van der Waals surface area contributed by atoms with Crippen molar-refractivity contribution in [2.75, 3.05) is 18.5 Å². The van der Waals surface area contributed by atoms with Crippen molar-refractivity contribution in [3.05, 3.63) is 58.7 Å². The fraction of sp³-hybridized carbons (Fsp3) is 0.333. The summed E-state index contributed by atoms with van der Waals surface area (Å²) in [6.07, 6.45) is 2.09. The van der Waals surface area contributed by atoms with Gasteiger partial charge in [0.1, 0.15) is 5.75 Å². The van der Waals surface area contributed by atoms with Gasteiger partial charge < -0.3 is 10.1 Å². The van der Waals surface area contributed by atoms with Crippen LogP contribution in [0.3, 0.4) is 0 Å². The maximum absolute atomic E-state index is 5.54. The predicted molar refractivity (Wildman–Crippen MR) is 83.8 cm³/mol. The van der Waals surface area contributed by atoms with Gasteiger partial charge in [-0.25, -0.2) is 0 Å². The molecule has 0 aromatic heterocycles. The Morgan fingerprint density at radius 3 is 2.70 bits per heavy atom. The lowest BCUT2D eigenvalue weighted by Crippen LogP contribution is -2.07. The van der Waals surface area contributed by atoms with E-state index in [-0.39, 0.29) is 0 Å². The van der Waals surface area contributed by atoms with Gasteiger partial charge in [0.25, 0.3) is 0 Å². The first-order valence-corrected chi connectivity index (χ1v) is 7.29. The minimum atomic E-state index is 0.833. The minimum absolute atomic E-state index is 0.833. The maximum Gasteiger partial charge on any atom is 0.122 e. The summed E-state index contributed by atoms with van der Waals surface area (Å²) in [5.41, 5.74) is 6.64. The van der Waals surface area contributed by atoms with Crippen molar-refractivity contribution >= 4 is 5.69 Å². The maximum atomic E-state index is 5.54. The van der Waals surface area contributed by atoms with Crippen molar-refractivity contribution in [1.29, 1.82) is 0 Å². The average Bonchev–Trinajstić information content (AvgIpc) is 2.89. The number of fused-ring (bicyclic) bond motifs is 1. The molecule has 2 aromatic carbocycles. The summed E-state index contributed by atoms with van der Waals surface area (Å²) in [5.74, 6) is 1.07. The molecule has 0 bridgehead atoms. The summed E-state index contributed by atoms with van der Waals surface area (Å²) >= 11 is 0. The number of hydrogen-bond donors (Lipinski definition) is 1. The number of hydrogen-bond acceptors (Lipinski definition) is 2. The molecular weight excluding hydrogens is 246 g/mol. The third-order valence-corrected chi connectivity index (χ3v) is 3.95. The van der Waals surface area contributed by atoms with Crippen molar-refractivity contribution in [3.8, 4) is 5.75 Å². The Morgan fingerprint density at radius 2 is 1.90 bits per heavy atom. The lowest BCUT2D eigenvalue weighted by Gasteiger charge is -2.12. The van der Waals surface area contributed by atoms with Crippen LogP contribution in [0.2, 0.25) is 0 Å². The SMILES string of the molecule is Cc1cccc(C)c1NCCc1ccc2c(c1)CCO2. The van der Waals surface area contributed by atoms with Crippen LogP contribution in [0.5, 0.6) is 5.75 Å². The first-order chi connectivity index (χ1) is 9.74. The van der Waals surface area contributed by atoms with E-state index in [0.717, 1.165) is 31.7 Å². The fourth-order valence-electron chi connectivity index (χ4n) is 2.82. The zero-order valence-corrected chi connectivity index (χ0v) is 12.2. The van der Waals surface area contributed by atoms with Crippen molar-refractivity contribution in [3.63, 3.8) is 0 Å². The van der Waals surface area contributed by atoms with Gasteiger partial charge in [0.15, 0.2) is 0 Å². The average molecular weight is 267 g/mol. The number of anilines is 1. The number of para-hydroxylation sites is 1. The van der Waals surface area contributed by atoms with Gasteiger partial charge in [-0.05, 0) is 48.6 Å². The van der Waals surface area contributed by atoms with E-state index in [9.17, 15) is 0 Å². The Balaban J connectivity index is 1.63. The number of benzene rings is 2. The molecule has 2 heteroatoms. The first kappa shape index (κ1) is 13.0. The van der Waals surface area contributed by atoms with Crippen LogP contribution in [0, 0.1) is 13.8 Å².